The molecule has 0 saturated heterocycles. The summed E-state index contributed by atoms with van der Waals surface area (Å²) in [5.41, 5.74) is 5.31. The minimum Gasteiger partial charge on any atom is -0.466 e. The number of thiocarbonyl (C=S) groups is 1. The third-order valence-electron chi connectivity index (χ3n) is 4.41. The van der Waals surface area contributed by atoms with E-state index in [1.165, 1.54) is 7.11 Å². The van der Waals surface area contributed by atoms with Crippen LogP contribution in [0.15, 0.2) is 41.9 Å². The lowest BCUT2D eigenvalue weighted by Gasteiger charge is -2.37. The zero-order valence-corrected chi connectivity index (χ0v) is 16.3. The summed E-state index contributed by atoms with van der Waals surface area (Å²) in [6, 6.07) is 5.79. The van der Waals surface area contributed by atoms with Gasteiger partial charge in [-0.05, 0) is 56.2 Å². The number of carbonyl (C=O) groups excluding carboxylic acids is 1. The van der Waals surface area contributed by atoms with E-state index in [1.54, 1.807) is 10.9 Å². The van der Waals surface area contributed by atoms with Gasteiger partial charge in [0, 0.05) is 30.2 Å². The molecule has 1 atom stereocenters. The number of rotatable bonds is 3. The molecule has 1 aliphatic heterocycles. The Morgan fingerprint density at radius 1 is 1.23 bits per heavy atom. The number of esters is 1. The van der Waals surface area contributed by atoms with Crippen LogP contribution in [0, 0.1) is 13.8 Å². The van der Waals surface area contributed by atoms with Gasteiger partial charge in [-0.1, -0.05) is 6.07 Å². The number of hydrogen-bond acceptors (Lipinski definition) is 4. The summed E-state index contributed by atoms with van der Waals surface area (Å²) in [5.74, 6) is -0.388. The van der Waals surface area contributed by atoms with E-state index in [9.17, 15) is 4.79 Å². The van der Waals surface area contributed by atoms with Crippen LogP contribution >= 0.6 is 12.2 Å². The monoisotopic (exact) mass is 370 g/mol. The maximum atomic E-state index is 12.6. The van der Waals surface area contributed by atoms with Crippen LogP contribution in [0.5, 0.6) is 0 Å². The molecule has 0 aliphatic carbocycles. The van der Waals surface area contributed by atoms with Crippen molar-refractivity contribution in [3.63, 3.8) is 0 Å². The van der Waals surface area contributed by atoms with Gasteiger partial charge in [-0.15, -0.1) is 0 Å². The highest BCUT2D eigenvalue weighted by molar-refractivity contribution is 7.80. The van der Waals surface area contributed by atoms with Crippen LogP contribution in [0.3, 0.4) is 0 Å². The minimum atomic E-state index is -0.397. The molecule has 26 heavy (non-hydrogen) atoms. The minimum absolute atomic E-state index is 0.388. The molecule has 2 aromatic rings. The molecule has 1 N–H and O–H groups in total. The maximum absolute atomic E-state index is 12.6. The Bertz CT molecular complexity index is 896. The molecule has 6 nitrogen and oxygen atoms in total. The molecular formula is C19H22N4O2S. The lowest BCUT2D eigenvalue weighted by molar-refractivity contribution is -0.136. The fourth-order valence-electron chi connectivity index (χ4n) is 3.35. The van der Waals surface area contributed by atoms with E-state index in [0.29, 0.717) is 10.7 Å². The first kappa shape index (κ1) is 18.1. The summed E-state index contributed by atoms with van der Waals surface area (Å²) in [4.78, 5) is 14.5. The lowest BCUT2D eigenvalue weighted by Crippen LogP contribution is -2.48. The molecule has 7 heteroatoms. The quantitative estimate of drug-likeness (QED) is 0.662. The SMILES string of the molecule is COC(=O)C1=C(C)N(c2cc(C)cc(C)c2)C(=S)NC1c1cnn(C)c1. The van der Waals surface area contributed by atoms with Gasteiger partial charge in [-0.2, -0.15) is 5.10 Å². The molecule has 0 bridgehead atoms. The van der Waals surface area contributed by atoms with Crippen LogP contribution in [0.4, 0.5) is 5.69 Å². The van der Waals surface area contributed by atoms with Gasteiger partial charge in [0.15, 0.2) is 5.11 Å². The molecule has 1 aliphatic rings. The predicted octanol–water partition coefficient (Wildman–Crippen LogP) is 2.92. The Morgan fingerprint density at radius 2 is 1.88 bits per heavy atom. The number of methoxy groups -OCH3 is 1. The summed E-state index contributed by atoms with van der Waals surface area (Å²) in [7, 11) is 3.22. The fraction of sp³-hybridized carbons (Fsp3) is 0.316. The molecule has 0 fully saturated rings. The van der Waals surface area contributed by atoms with Crippen LogP contribution < -0.4 is 10.2 Å². The Hall–Kier alpha value is -2.67. The zero-order chi connectivity index (χ0) is 19.0. The van der Waals surface area contributed by atoms with Crippen LogP contribution in [-0.4, -0.2) is 28.0 Å². The maximum Gasteiger partial charge on any atom is 0.337 e. The zero-order valence-electron chi connectivity index (χ0n) is 15.5. The van der Waals surface area contributed by atoms with Crippen molar-refractivity contribution >= 4 is 29.0 Å². The normalized spacial score (nSPS) is 17.3. The molecule has 0 amide bonds. The number of nitrogens with one attached hydrogen (secondary N) is 1. The first-order valence-electron chi connectivity index (χ1n) is 8.28. The molecule has 3 rings (SSSR count). The van der Waals surface area contributed by atoms with Gasteiger partial charge in [-0.3, -0.25) is 9.58 Å². The molecule has 1 unspecified atom stereocenters. The third kappa shape index (κ3) is 3.22. The second-order valence-electron chi connectivity index (χ2n) is 6.50. The highest BCUT2D eigenvalue weighted by Gasteiger charge is 2.35. The summed E-state index contributed by atoms with van der Waals surface area (Å²) in [5, 5.41) is 8.02. The number of ether oxygens (including phenoxy) is 1. The predicted molar refractivity (Wildman–Crippen MR) is 105 cm³/mol. The van der Waals surface area contributed by atoms with E-state index >= 15 is 0 Å². The van der Waals surface area contributed by atoms with Crippen LogP contribution in [0.2, 0.25) is 0 Å². The summed E-state index contributed by atoms with van der Waals surface area (Å²) >= 11 is 5.63. The topological polar surface area (TPSA) is 59.4 Å². The average Bonchev–Trinajstić information content (AvgIpc) is 2.99. The van der Waals surface area contributed by atoms with Crippen molar-refractivity contribution in [1.82, 2.24) is 15.1 Å². The number of allylic oxidation sites excluding steroid dienone is 1. The van der Waals surface area contributed by atoms with Crippen molar-refractivity contribution in [2.24, 2.45) is 7.05 Å². The highest BCUT2D eigenvalue weighted by Crippen LogP contribution is 2.34. The molecular weight excluding hydrogens is 348 g/mol. The number of aryl methyl sites for hydroxylation is 3. The first-order chi connectivity index (χ1) is 12.3. The Labute approximate surface area is 158 Å². The van der Waals surface area contributed by atoms with E-state index in [1.807, 2.05) is 51.0 Å². The van der Waals surface area contributed by atoms with Gasteiger partial charge in [0.25, 0.3) is 0 Å². The van der Waals surface area contributed by atoms with Crippen LogP contribution in [0.1, 0.15) is 29.7 Å². The first-order valence-corrected chi connectivity index (χ1v) is 8.69. The van der Waals surface area contributed by atoms with Crippen LogP contribution in [-0.2, 0) is 16.6 Å². The Morgan fingerprint density at radius 3 is 2.42 bits per heavy atom. The molecule has 2 heterocycles. The van der Waals surface area contributed by atoms with Gasteiger partial charge in [0.2, 0.25) is 0 Å². The van der Waals surface area contributed by atoms with Gasteiger partial charge >= 0.3 is 5.97 Å². The smallest absolute Gasteiger partial charge is 0.337 e. The van der Waals surface area contributed by atoms with Crippen molar-refractivity contribution < 1.29 is 9.53 Å². The second-order valence-corrected chi connectivity index (χ2v) is 6.89. The number of benzene rings is 1. The number of anilines is 1. The van der Waals surface area contributed by atoms with Crippen molar-refractivity contribution in [3.8, 4) is 0 Å². The molecule has 0 radical (unpaired) electrons. The molecule has 0 saturated carbocycles. The fourth-order valence-corrected chi connectivity index (χ4v) is 3.71. The van der Waals surface area contributed by atoms with E-state index < -0.39 is 6.04 Å². The number of hydrogen-bond donors (Lipinski definition) is 1. The Balaban J connectivity index is 2.16. The highest BCUT2D eigenvalue weighted by atomic mass is 32.1. The van der Waals surface area contributed by atoms with Crippen molar-refractivity contribution in [2.45, 2.75) is 26.8 Å². The second kappa shape index (κ2) is 6.92. The van der Waals surface area contributed by atoms with E-state index in [4.69, 9.17) is 17.0 Å². The van der Waals surface area contributed by atoms with Crippen LogP contribution in [0.25, 0.3) is 0 Å². The number of nitrogens with zero attached hydrogens (tertiary/aromatic N) is 3. The third-order valence-corrected chi connectivity index (χ3v) is 4.71. The standard InChI is InChI=1S/C19H22N4O2S/c1-11-6-12(2)8-15(7-11)23-13(3)16(18(24)25-5)17(21-19(23)26)14-9-20-22(4)10-14/h6-10,17H,1-5H3,(H,21,26). The van der Waals surface area contributed by atoms with Crippen molar-refractivity contribution in [1.29, 1.82) is 0 Å². The molecule has 136 valence electrons. The molecule has 1 aromatic carbocycles. The number of aromatic nitrogens is 2. The van der Waals surface area contributed by atoms with Crippen molar-refractivity contribution in [2.75, 3.05) is 12.0 Å². The van der Waals surface area contributed by atoms with Gasteiger partial charge in [-0.25, -0.2) is 4.79 Å². The molecule has 1 aromatic heterocycles. The van der Waals surface area contributed by atoms with E-state index in [0.717, 1.165) is 28.1 Å². The Kier molecular flexibility index (Phi) is 4.82. The van der Waals surface area contributed by atoms with Gasteiger partial charge < -0.3 is 10.1 Å². The number of carbonyl (C=O) groups is 1. The van der Waals surface area contributed by atoms with E-state index in [2.05, 4.69) is 16.5 Å². The van der Waals surface area contributed by atoms with Gasteiger partial charge in [0.05, 0.1) is 24.9 Å². The summed E-state index contributed by atoms with van der Waals surface area (Å²) in [6.07, 6.45) is 3.59. The largest absolute Gasteiger partial charge is 0.466 e. The summed E-state index contributed by atoms with van der Waals surface area (Å²) < 4.78 is 6.75. The van der Waals surface area contributed by atoms with E-state index in [-0.39, 0.29) is 5.97 Å². The molecule has 0 spiro atoms. The lowest BCUT2D eigenvalue weighted by atomic mass is 9.97. The van der Waals surface area contributed by atoms with Crippen molar-refractivity contribution in [3.05, 3.63) is 58.6 Å². The van der Waals surface area contributed by atoms with Gasteiger partial charge in [0.1, 0.15) is 0 Å². The average molecular weight is 370 g/mol. The summed E-state index contributed by atoms with van der Waals surface area (Å²) in [6.45, 7) is 5.96.